The van der Waals surface area contributed by atoms with Gasteiger partial charge >= 0.3 is 0 Å². The average molecular weight is 332 g/mol. The minimum absolute atomic E-state index is 0.191. The van der Waals surface area contributed by atoms with Gasteiger partial charge in [0.25, 0.3) is 0 Å². The number of hydrogen-bond donors (Lipinski definition) is 0. The molecular weight excluding hydrogens is 314 g/mol. The fourth-order valence-corrected chi connectivity index (χ4v) is 3.82. The highest BCUT2D eigenvalue weighted by atomic mass is 35.5. The summed E-state index contributed by atoms with van der Waals surface area (Å²) in [6.45, 7) is 2.11. The number of halogens is 1. The molecule has 0 N–H and O–H groups in total. The van der Waals surface area contributed by atoms with Crippen LogP contribution in [-0.2, 0) is 17.0 Å². The van der Waals surface area contributed by atoms with Crippen molar-refractivity contribution >= 4 is 35.0 Å². The first kappa shape index (κ1) is 15.4. The van der Waals surface area contributed by atoms with Crippen LogP contribution in [0.3, 0.4) is 0 Å². The van der Waals surface area contributed by atoms with Gasteiger partial charge < -0.3 is 4.90 Å². The van der Waals surface area contributed by atoms with Gasteiger partial charge in [-0.25, -0.2) is 0 Å². The van der Waals surface area contributed by atoms with Crippen molar-refractivity contribution in [3.05, 3.63) is 64.7 Å². The molecule has 0 aliphatic carbocycles. The van der Waals surface area contributed by atoms with Crippen LogP contribution in [0.5, 0.6) is 0 Å². The van der Waals surface area contributed by atoms with Gasteiger partial charge in [0.15, 0.2) is 0 Å². The first-order valence-corrected chi connectivity index (χ1v) is 8.90. The molecule has 1 aliphatic rings. The molecule has 1 atom stereocenters. The Labute approximate surface area is 140 Å². The molecule has 0 spiro atoms. The summed E-state index contributed by atoms with van der Waals surface area (Å²) < 4.78 is 0. The highest BCUT2D eigenvalue weighted by Crippen LogP contribution is 2.32. The second kappa shape index (κ2) is 6.76. The van der Waals surface area contributed by atoms with Crippen molar-refractivity contribution in [1.29, 1.82) is 0 Å². The molecule has 1 aliphatic heterocycles. The van der Waals surface area contributed by atoms with Gasteiger partial charge in [0.1, 0.15) is 0 Å². The van der Waals surface area contributed by atoms with E-state index in [1.165, 1.54) is 11.1 Å². The van der Waals surface area contributed by atoms with E-state index < -0.39 is 0 Å². The predicted octanol–water partition coefficient (Wildman–Crippen LogP) is 4.55. The summed E-state index contributed by atoms with van der Waals surface area (Å²) >= 11 is 7.53. The lowest BCUT2D eigenvalue weighted by atomic mass is 10.1. The zero-order chi connectivity index (χ0) is 15.5. The second-order valence-electron chi connectivity index (χ2n) is 5.56. The van der Waals surface area contributed by atoms with E-state index in [1.54, 1.807) is 11.8 Å². The monoisotopic (exact) mass is 331 g/mol. The van der Waals surface area contributed by atoms with Gasteiger partial charge in [0.05, 0.1) is 5.75 Å². The predicted molar refractivity (Wildman–Crippen MR) is 94.7 cm³/mol. The Bertz CT molecular complexity index is 671. The highest BCUT2D eigenvalue weighted by Gasteiger charge is 2.29. The lowest BCUT2D eigenvalue weighted by Gasteiger charge is -2.22. The Hall–Kier alpha value is -1.45. The van der Waals surface area contributed by atoms with E-state index in [9.17, 15) is 4.79 Å². The van der Waals surface area contributed by atoms with Crippen LogP contribution in [0.15, 0.2) is 48.5 Å². The van der Waals surface area contributed by atoms with Crippen LogP contribution in [-0.4, -0.2) is 17.7 Å². The van der Waals surface area contributed by atoms with Crippen LogP contribution in [0.2, 0.25) is 5.02 Å². The van der Waals surface area contributed by atoms with Crippen molar-refractivity contribution in [3.8, 4) is 0 Å². The molecule has 0 saturated carbocycles. The third kappa shape index (κ3) is 3.31. The number of para-hydroxylation sites is 1. The summed E-state index contributed by atoms with van der Waals surface area (Å²) in [5, 5.41) is 0.743. The van der Waals surface area contributed by atoms with Gasteiger partial charge in [0.2, 0.25) is 5.91 Å². The van der Waals surface area contributed by atoms with E-state index in [-0.39, 0.29) is 11.9 Å². The maximum absolute atomic E-state index is 12.5. The summed E-state index contributed by atoms with van der Waals surface area (Å²) in [7, 11) is 0. The molecule has 2 nitrogen and oxygen atoms in total. The fourth-order valence-electron chi connectivity index (χ4n) is 2.85. The SMILES string of the molecule is C[C@@H]1Cc2ccccc2N1C(=O)CSCc1ccc(Cl)cc1. The van der Waals surface area contributed by atoms with Gasteiger partial charge in [-0.3, -0.25) is 4.79 Å². The summed E-state index contributed by atoms with van der Waals surface area (Å²) in [5.41, 5.74) is 3.54. The van der Waals surface area contributed by atoms with Crippen LogP contribution in [0.25, 0.3) is 0 Å². The van der Waals surface area contributed by atoms with Crippen LogP contribution in [0.4, 0.5) is 5.69 Å². The van der Waals surface area contributed by atoms with E-state index in [1.807, 2.05) is 47.4 Å². The molecule has 2 aromatic carbocycles. The van der Waals surface area contributed by atoms with Gasteiger partial charge in [-0.1, -0.05) is 41.9 Å². The van der Waals surface area contributed by atoms with Crippen LogP contribution in [0, 0.1) is 0 Å². The van der Waals surface area contributed by atoms with Crippen molar-refractivity contribution < 1.29 is 4.79 Å². The molecule has 1 heterocycles. The zero-order valence-electron chi connectivity index (χ0n) is 12.5. The molecule has 0 saturated heterocycles. The number of fused-ring (bicyclic) bond motifs is 1. The van der Waals surface area contributed by atoms with E-state index >= 15 is 0 Å². The molecule has 0 unspecified atom stereocenters. The first-order chi connectivity index (χ1) is 10.6. The summed E-state index contributed by atoms with van der Waals surface area (Å²) in [6, 6.07) is 16.2. The fraction of sp³-hybridized carbons (Fsp3) is 0.278. The third-order valence-corrected chi connectivity index (χ3v) is 5.12. The molecule has 4 heteroatoms. The van der Waals surface area contributed by atoms with Crippen molar-refractivity contribution in [2.24, 2.45) is 0 Å². The van der Waals surface area contributed by atoms with Crippen LogP contribution in [0.1, 0.15) is 18.1 Å². The maximum atomic E-state index is 12.5. The van der Waals surface area contributed by atoms with Gasteiger partial charge in [-0.2, -0.15) is 0 Å². The molecule has 0 aromatic heterocycles. The molecule has 114 valence electrons. The Kier molecular flexibility index (Phi) is 4.74. The van der Waals surface area contributed by atoms with Crippen molar-refractivity contribution in [2.75, 3.05) is 10.7 Å². The molecule has 0 bridgehead atoms. The second-order valence-corrected chi connectivity index (χ2v) is 6.99. The minimum Gasteiger partial charge on any atom is -0.308 e. The van der Waals surface area contributed by atoms with Crippen LogP contribution >= 0.6 is 23.4 Å². The zero-order valence-corrected chi connectivity index (χ0v) is 14.0. The normalized spacial score (nSPS) is 16.6. The summed E-state index contributed by atoms with van der Waals surface area (Å²) in [5.74, 6) is 1.52. The number of nitrogens with zero attached hydrogens (tertiary/aromatic N) is 1. The molecular formula is C18H18ClNOS. The molecule has 2 aromatic rings. The van der Waals surface area contributed by atoms with E-state index in [0.29, 0.717) is 5.75 Å². The average Bonchev–Trinajstić information content (AvgIpc) is 2.85. The smallest absolute Gasteiger partial charge is 0.237 e. The Morgan fingerprint density at radius 3 is 2.73 bits per heavy atom. The number of thioether (sulfide) groups is 1. The van der Waals surface area contributed by atoms with E-state index in [2.05, 4.69) is 13.0 Å². The maximum Gasteiger partial charge on any atom is 0.237 e. The quantitative estimate of drug-likeness (QED) is 0.819. The van der Waals surface area contributed by atoms with Crippen LogP contribution < -0.4 is 4.90 Å². The third-order valence-electron chi connectivity index (χ3n) is 3.88. The number of anilines is 1. The standard InChI is InChI=1S/C18H18ClNOS/c1-13-10-15-4-2-3-5-17(15)20(13)18(21)12-22-11-14-6-8-16(19)9-7-14/h2-9,13H,10-12H2,1H3/t13-/m1/s1. The highest BCUT2D eigenvalue weighted by molar-refractivity contribution is 7.99. The summed E-state index contributed by atoms with van der Waals surface area (Å²) in [6.07, 6.45) is 0.948. The molecule has 3 rings (SSSR count). The topological polar surface area (TPSA) is 20.3 Å². The number of benzene rings is 2. The summed E-state index contributed by atoms with van der Waals surface area (Å²) in [4.78, 5) is 14.5. The van der Waals surface area contributed by atoms with Gasteiger partial charge in [-0.05, 0) is 42.7 Å². The molecule has 0 radical (unpaired) electrons. The van der Waals surface area contributed by atoms with E-state index in [4.69, 9.17) is 11.6 Å². The van der Waals surface area contributed by atoms with Crippen molar-refractivity contribution in [2.45, 2.75) is 25.1 Å². The number of rotatable bonds is 4. The molecule has 22 heavy (non-hydrogen) atoms. The van der Waals surface area contributed by atoms with Crippen molar-refractivity contribution in [1.82, 2.24) is 0 Å². The number of carbonyl (C=O) groups is 1. The first-order valence-electron chi connectivity index (χ1n) is 7.37. The molecule has 1 amide bonds. The lowest BCUT2D eigenvalue weighted by Crippen LogP contribution is -2.37. The largest absolute Gasteiger partial charge is 0.308 e. The lowest BCUT2D eigenvalue weighted by molar-refractivity contribution is -0.116. The Morgan fingerprint density at radius 2 is 1.95 bits per heavy atom. The molecule has 0 fully saturated rings. The van der Waals surface area contributed by atoms with Gasteiger partial charge in [-0.15, -0.1) is 11.8 Å². The Morgan fingerprint density at radius 1 is 1.23 bits per heavy atom. The van der Waals surface area contributed by atoms with Crippen molar-refractivity contribution in [3.63, 3.8) is 0 Å². The Balaban J connectivity index is 1.59. The van der Waals surface area contributed by atoms with E-state index in [0.717, 1.165) is 22.9 Å². The van der Waals surface area contributed by atoms with Gasteiger partial charge in [0, 0.05) is 22.5 Å². The number of hydrogen-bond acceptors (Lipinski definition) is 2. The number of amides is 1. The number of carbonyl (C=O) groups excluding carboxylic acids is 1. The minimum atomic E-state index is 0.191.